The van der Waals surface area contributed by atoms with Crippen LogP contribution in [0.1, 0.15) is 32.8 Å². The predicted octanol–water partition coefficient (Wildman–Crippen LogP) is 1.64. The molecular weight excluding hydrogens is 264 g/mol. The van der Waals surface area contributed by atoms with Crippen molar-refractivity contribution in [1.29, 1.82) is 0 Å². The molecule has 1 fully saturated rings. The minimum absolute atomic E-state index is 0.150. The molecule has 0 aromatic carbocycles. The van der Waals surface area contributed by atoms with Gasteiger partial charge in [-0.1, -0.05) is 6.07 Å². The smallest absolute Gasteiger partial charge is 0.221 e. The van der Waals surface area contributed by atoms with Crippen molar-refractivity contribution in [3.63, 3.8) is 0 Å². The normalized spacial score (nSPS) is 20.2. The van der Waals surface area contributed by atoms with Gasteiger partial charge in [0.1, 0.15) is 5.82 Å². The van der Waals surface area contributed by atoms with Crippen molar-refractivity contribution in [3.8, 4) is 0 Å². The van der Waals surface area contributed by atoms with Crippen molar-refractivity contribution in [2.75, 3.05) is 25.0 Å². The van der Waals surface area contributed by atoms with Gasteiger partial charge in [-0.05, 0) is 32.4 Å². The van der Waals surface area contributed by atoms with Crippen molar-refractivity contribution in [2.45, 2.75) is 45.8 Å². The summed E-state index contributed by atoms with van der Waals surface area (Å²) in [7, 11) is 2.06. The van der Waals surface area contributed by atoms with Gasteiger partial charge in [0.05, 0.1) is 0 Å². The SMILES string of the molecule is CC1CC(=O)NCCN1Cc1ccc(N(C)C(C)C)nc1. The molecule has 1 aliphatic rings. The number of aromatic nitrogens is 1. The number of nitrogens with zero attached hydrogens (tertiary/aromatic N) is 3. The third-order valence-corrected chi connectivity index (χ3v) is 4.16. The largest absolute Gasteiger partial charge is 0.357 e. The van der Waals surface area contributed by atoms with Gasteiger partial charge < -0.3 is 10.2 Å². The first-order valence-electron chi connectivity index (χ1n) is 7.66. The predicted molar refractivity (Wildman–Crippen MR) is 85.3 cm³/mol. The molecule has 1 atom stereocenters. The van der Waals surface area contributed by atoms with E-state index < -0.39 is 0 Å². The van der Waals surface area contributed by atoms with E-state index in [1.54, 1.807) is 0 Å². The van der Waals surface area contributed by atoms with Crippen molar-refractivity contribution < 1.29 is 4.79 Å². The minimum atomic E-state index is 0.150. The van der Waals surface area contributed by atoms with Crippen LogP contribution in [0.2, 0.25) is 0 Å². The van der Waals surface area contributed by atoms with Crippen LogP contribution in [-0.2, 0) is 11.3 Å². The first-order valence-corrected chi connectivity index (χ1v) is 7.66. The minimum Gasteiger partial charge on any atom is -0.357 e. The summed E-state index contributed by atoms with van der Waals surface area (Å²) in [6.45, 7) is 8.87. The lowest BCUT2D eigenvalue weighted by atomic mass is 10.1. The molecule has 21 heavy (non-hydrogen) atoms. The fourth-order valence-electron chi connectivity index (χ4n) is 2.48. The van der Waals surface area contributed by atoms with Gasteiger partial charge in [0.2, 0.25) is 5.91 Å². The molecule has 1 N–H and O–H groups in total. The highest BCUT2D eigenvalue weighted by Crippen LogP contribution is 2.15. The lowest BCUT2D eigenvalue weighted by molar-refractivity contribution is -0.121. The summed E-state index contributed by atoms with van der Waals surface area (Å²) in [5.74, 6) is 1.14. The Morgan fingerprint density at radius 3 is 2.86 bits per heavy atom. The Morgan fingerprint density at radius 2 is 2.24 bits per heavy atom. The van der Waals surface area contributed by atoms with E-state index in [0.29, 0.717) is 12.5 Å². The Kier molecular flexibility index (Phi) is 5.17. The van der Waals surface area contributed by atoms with Crippen molar-refractivity contribution >= 4 is 11.7 Å². The molecule has 5 heteroatoms. The Hall–Kier alpha value is -1.62. The highest BCUT2D eigenvalue weighted by Gasteiger charge is 2.21. The van der Waals surface area contributed by atoms with Gasteiger partial charge >= 0.3 is 0 Å². The Morgan fingerprint density at radius 1 is 1.48 bits per heavy atom. The molecule has 1 saturated heterocycles. The third kappa shape index (κ3) is 4.17. The zero-order valence-corrected chi connectivity index (χ0v) is 13.5. The fraction of sp³-hybridized carbons (Fsp3) is 0.625. The van der Waals surface area contributed by atoms with E-state index in [4.69, 9.17) is 0 Å². The summed E-state index contributed by atoms with van der Waals surface area (Å²) < 4.78 is 0. The van der Waals surface area contributed by atoms with E-state index in [2.05, 4.69) is 60.1 Å². The summed E-state index contributed by atoms with van der Waals surface area (Å²) in [4.78, 5) is 20.6. The van der Waals surface area contributed by atoms with E-state index >= 15 is 0 Å². The second-order valence-electron chi connectivity index (χ2n) is 6.10. The number of amides is 1. The maximum absolute atomic E-state index is 11.5. The maximum Gasteiger partial charge on any atom is 0.221 e. The van der Waals surface area contributed by atoms with E-state index in [1.807, 2.05) is 6.20 Å². The van der Waals surface area contributed by atoms with Gasteiger partial charge in [-0.2, -0.15) is 0 Å². The molecule has 1 aromatic rings. The highest BCUT2D eigenvalue weighted by atomic mass is 16.1. The van der Waals surface area contributed by atoms with Crippen LogP contribution in [0, 0.1) is 0 Å². The average molecular weight is 290 g/mol. The van der Waals surface area contributed by atoms with Crippen molar-refractivity contribution in [2.24, 2.45) is 0 Å². The summed E-state index contributed by atoms with van der Waals surface area (Å²) in [5.41, 5.74) is 1.19. The number of nitrogens with one attached hydrogen (secondary N) is 1. The zero-order chi connectivity index (χ0) is 15.4. The molecule has 0 aliphatic carbocycles. The van der Waals surface area contributed by atoms with Crippen LogP contribution in [0.15, 0.2) is 18.3 Å². The molecular formula is C16H26N4O. The second kappa shape index (κ2) is 6.89. The molecule has 2 heterocycles. The van der Waals surface area contributed by atoms with E-state index in [1.165, 1.54) is 5.56 Å². The summed E-state index contributed by atoms with van der Waals surface area (Å²) in [6, 6.07) is 4.91. The van der Waals surface area contributed by atoms with Crippen LogP contribution < -0.4 is 10.2 Å². The molecule has 0 spiro atoms. The Labute approximate surface area is 127 Å². The van der Waals surface area contributed by atoms with Gasteiger partial charge in [0, 0.05) is 51.4 Å². The summed E-state index contributed by atoms with van der Waals surface area (Å²) in [5, 5.41) is 2.92. The number of pyridine rings is 1. The molecule has 0 saturated carbocycles. The molecule has 5 nitrogen and oxygen atoms in total. The van der Waals surface area contributed by atoms with Gasteiger partial charge in [0.25, 0.3) is 0 Å². The van der Waals surface area contributed by atoms with E-state index in [9.17, 15) is 4.79 Å². The number of carbonyl (C=O) groups is 1. The quantitative estimate of drug-likeness (QED) is 0.916. The van der Waals surface area contributed by atoms with Gasteiger partial charge in [-0.3, -0.25) is 9.69 Å². The molecule has 0 bridgehead atoms. The van der Waals surface area contributed by atoms with Gasteiger partial charge in [-0.25, -0.2) is 4.98 Å². The third-order valence-electron chi connectivity index (χ3n) is 4.16. The first kappa shape index (κ1) is 15.8. The van der Waals surface area contributed by atoms with Gasteiger partial charge in [0.15, 0.2) is 0 Å². The number of hydrogen-bond donors (Lipinski definition) is 1. The monoisotopic (exact) mass is 290 g/mol. The lowest BCUT2D eigenvalue weighted by Crippen LogP contribution is -2.33. The molecule has 2 rings (SSSR count). The molecule has 1 unspecified atom stereocenters. The fourth-order valence-corrected chi connectivity index (χ4v) is 2.48. The maximum atomic E-state index is 11.5. The highest BCUT2D eigenvalue weighted by molar-refractivity contribution is 5.76. The van der Waals surface area contributed by atoms with Gasteiger partial charge in [-0.15, -0.1) is 0 Å². The summed E-state index contributed by atoms with van der Waals surface area (Å²) in [6.07, 6.45) is 2.52. The zero-order valence-electron chi connectivity index (χ0n) is 13.5. The van der Waals surface area contributed by atoms with Crippen LogP contribution in [0.25, 0.3) is 0 Å². The van der Waals surface area contributed by atoms with Crippen LogP contribution in [0.5, 0.6) is 0 Å². The molecule has 116 valence electrons. The number of carbonyl (C=O) groups excluding carboxylic acids is 1. The lowest BCUT2D eigenvalue weighted by Gasteiger charge is -2.26. The second-order valence-corrected chi connectivity index (χ2v) is 6.10. The van der Waals surface area contributed by atoms with Crippen LogP contribution in [0.3, 0.4) is 0 Å². The Bertz CT molecular complexity index is 472. The van der Waals surface area contributed by atoms with Crippen molar-refractivity contribution in [3.05, 3.63) is 23.9 Å². The molecule has 1 amide bonds. The first-order chi connectivity index (χ1) is 9.97. The van der Waals surface area contributed by atoms with Crippen LogP contribution in [-0.4, -0.2) is 48.0 Å². The molecule has 0 radical (unpaired) electrons. The van der Waals surface area contributed by atoms with Crippen molar-refractivity contribution in [1.82, 2.24) is 15.2 Å². The average Bonchev–Trinajstić information content (AvgIpc) is 2.60. The molecule has 1 aliphatic heterocycles. The number of rotatable bonds is 4. The summed E-state index contributed by atoms with van der Waals surface area (Å²) >= 11 is 0. The van der Waals surface area contributed by atoms with E-state index in [-0.39, 0.29) is 11.9 Å². The van der Waals surface area contributed by atoms with Crippen LogP contribution in [0.4, 0.5) is 5.82 Å². The van der Waals surface area contributed by atoms with E-state index in [0.717, 1.165) is 25.5 Å². The number of hydrogen-bond acceptors (Lipinski definition) is 4. The molecule has 1 aromatic heterocycles. The van der Waals surface area contributed by atoms with Crippen LogP contribution >= 0.6 is 0 Å². The number of anilines is 1. The Balaban J connectivity index is 2.01. The topological polar surface area (TPSA) is 48.5 Å². The standard InChI is InChI=1S/C16H26N4O/c1-12(2)19(4)15-6-5-14(10-18-15)11-20-8-7-17-16(21)9-13(20)3/h5-6,10,12-13H,7-9,11H2,1-4H3,(H,17,21).